The monoisotopic (exact) mass is 363 g/mol. The van der Waals surface area contributed by atoms with E-state index in [1.165, 1.54) is 47.9 Å². The van der Waals surface area contributed by atoms with Gasteiger partial charge in [0, 0.05) is 4.47 Å². The van der Waals surface area contributed by atoms with E-state index in [-0.39, 0.29) is 6.04 Å². The molecular formula is C18H19BrClN. The van der Waals surface area contributed by atoms with Crippen molar-refractivity contribution in [1.29, 1.82) is 0 Å². The minimum absolute atomic E-state index is 0.183. The average molecular weight is 365 g/mol. The molecule has 0 saturated carbocycles. The van der Waals surface area contributed by atoms with Crippen molar-refractivity contribution < 1.29 is 0 Å². The molecule has 1 aliphatic rings. The molecule has 0 amide bonds. The first kappa shape index (κ1) is 15.1. The molecule has 0 aromatic heterocycles. The second-order valence-corrected chi connectivity index (χ2v) is 6.89. The molecule has 0 heterocycles. The van der Waals surface area contributed by atoms with E-state index in [9.17, 15) is 0 Å². The third-order valence-electron chi connectivity index (χ3n) is 4.27. The minimum Gasteiger partial charge on any atom is -0.309 e. The molecule has 3 heteroatoms. The second-order valence-electron chi connectivity index (χ2n) is 5.63. The summed E-state index contributed by atoms with van der Waals surface area (Å²) >= 11 is 9.70. The van der Waals surface area contributed by atoms with E-state index in [0.29, 0.717) is 0 Å². The highest BCUT2D eigenvalue weighted by atomic mass is 79.9. The lowest BCUT2D eigenvalue weighted by atomic mass is 9.88. The van der Waals surface area contributed by atoms with Gasteiger partial charge in [-0.2, -0.15) is 0 Å². The summed E-state index contributed by atoms with van der Waals surface area (Å²) in [6.07, 6.45) is 5.07. The zero-order valence-corrected chi connectivity index (χ0v) is 14.5. The Bertz CT molecular complexity index is 654. The highest BCUT2D eigenvalue weighted by Gasteiger charge is 2.16. The molecule has 0 fully saturated rings. The topological polar surface area (TPSA) is 12.0 Å². The van der Waals surface area contributed by atoms with Gasteiger partial charge < -0.3 is 5.32 Å². The van der Waals surface area contributed by atoms with Crippen LogP contribution in [0, 0.1) is 0 Å². The standard InChI is InChI=1S/C18H19BrClN/c1-21-18(15-8-9-16(19)17(20)11-15)14-7-6-12-4-2-3-5-13(12)10-14/h6-11,18,21H,2-5H2,1H3. The molecule has 21 heavy (non-hydrogen) atoms. The zero-order chi connectivity index (χ0) is 14.8. The Hall–Kier alpha value is -0.830. The highest BCUT2D eigenvalue weighted by molar-refractivity contribution is 9.10. The number of rotatable bonds is 3. The quantitative estimate of drug-likeness (QED) is 0.780. The van der Waals surface area contributed by atoms with Gasteiger partial charge in [-0.15, -0.1) is 0 Å². The molecule has 3 rings (SSSR count). The van der Waals surface area contributed by atoms with Crippen LogP contribution < -0.4 is 5.32 Å². The molecule has 0 saturated heterocycles. The predicted molar refractivity (Wildman–Crippen MR) is 93.1 cm³/mol. The largest absolute Gasteiger partial charge is 0.309 e. The Kier molecular flexibility index (Phi) is 4.68. The summed E-state index contributed by atoms with van der Waals surface area (Å²) in [6.45, 7) is 0. The number of aryl methyl sites for hydroxylation is 2. The molecule has 2 aromatic carbocycles. The van der Waals surface area contributed by atoms with Gasteiger partial charge in [0.1, 0.15) is 0 Å². The molecule has 1 unspecified atom stereocenters. The molecule has 0 spiro atoms. The predicted octanol–water partition coefficient (Wildman–Crippen LogP) is 5.29. The van der Waals surface area contributed by atoms with E-state index in [4.69, 9.17) is 11.6 Å². The van der Waals surface area contributed by atoms with E-state index >= 15 is 0 Å². The molecule has 1 N–H and O–H groups in total. The molecule has 2 aromatic rings. The SMILES string of the molecule is CNC(c1ccc(Br)c(Cl)c1)c1ccc2c(c1)CCCC2. The summed E-state index contributed by atoms with van der Waals surface area (Å²) in [5, 5.41) is 4.17. The number of nitrogens with one attached hydrogen (secondary N) is 1. The molecule has 1 nitrogen and oxygen atoms in total. The van der Waals surface area contributed by atoms with Gasteiger partial charge in [0.05, 0.1) is 11.1 Å². The average Bonchev–Trinajstić information content (AvgIpc) is 2.51. The van der Waals surface area contributed by atoms with Crippen molar-refractivity contribution in [1.82, 2.24) is 5.32 Å². The van der Waals surface area contributed by atoms with Crippen molar-refractivity contribution in [2.75, 3.05) is 7.05 Å². The number of fused-ring (bicyclic) bond motifs is 1. The van der Waals surface area contributed by atoms with Crippen LogP contribution in [0.3, 0.4) is 0 Å². The maximum Gasteiger partial charge on any atom is 0.0574 e. The second kappa shape index (κ2) is 6.51. The fourth-order valence-electron chi connectivity index (χ4n) is 3.15. The van der Waals surface area contributed by atoms with Crippen LogP contribution in [0.15, 0.2) is 40.9 Å². The van der Waals surface area contributed by atoms with E-state index in [0.717, 1.165) is 9.50 Å². The summed E-state index contributed by atoms with van der Waals surface area (Å²) in [5.41, 5.74) is 5.55. The van der Waals surface area contributed by atoms with Gasteiger partial charge in [-0.1, -0.05) is 35.9 Å². The normalized spacial score (nSPS) is 15.6. The molecular weight excluding hydrogens is 346 g/mol. The lowest BCUT2D eigenvalue weighted by molar-refractivity contribution is 0.668. The van der Waals surface area contributed by atoms with Gasteiger partial charge in [-0.05, 0) is 83.0 Å². The molecule has 1 aliphatic carbocycles. The first-order valence-electron chi connectivity index (χ1n) is 7.43. The molecule has 0 radical (unpaired) electrons. The first-order valence-corrected chi connectivity index (χ1v) is 8.60. The summed E-state index contributed by atoms with van der Waals surface area (Å²) in [7, 11) is 2.00. The third kappa shape index (κ3) is 3.18. The van der Waals surface area contributed by atoms with Crippen molar-refractivity contribution in [2.24, 2.45) is 0 Å². The Balaban J connectivity index is 1.97. The Morgan fingerprint density at radius 1 is 1.00 bits per heavy atom. The summed E-state index contributed by atoms with van der Waals surface area (Å²) in [4.78, 5) is 0. The van der Waals surface area contributed by atoms with Gasteiger partial charge in [-0.3, -0.25) is 0 Å². The highest BCUT2D eigenvalue weighted by Crippen LogP contribution is 2.31. The zero-order valence-electron chi connectivity index (χ0n) is 12.1. The maximum atomic E-state index is 6.24. The Morgan fingerprint density at radius 2 is 1.67 bits per heavy atom. The number of hydrogen-bond acceptors (Lipinski definition) is 1. The maximum absolute atomic E-state index is 6.24. The molecule has 1 atom stereocenters. The summed E-state index contributed by atoms with van der Waals surface area (Å²) < 4.78 is 0.938. The number of benzene rings is 2. The van der Waals surface area contributed by atoms with E-state index in [2.05, 4.69) is 45.5 Å². The van der Waals surface area contributed by atoms with E-state index in [1.54, 1.807) is 0 Å². The van der Waals surface area contributed by atoms with Crippen LogP contribution in [0.4, 0.5) is 0 Å². The van der Waals surface area contributed by atoms with Crippen molar-refractivity contribution in [3.63, 3.8) is 0 Å². The fraction of sp³-hybridized carbons (Fsp3) is 0.333. The van der Waals surface area contributed by atoms with Crippen LogP contribution >= 0.6 is 27.5 Å². The van der Waals surface area contributed by atoms with Crippen LogP contribution in [0.25, 0.3) is 0 Å². The summed E-state index contributed by atoms with van der Waals surface area (Å²) in [6, 6.07) is 13.3. The smallest absolute Gasteiger partial charge is 0.0574 e. The van der Waals surface area contributed by atoms with Gasteiger partial charge in [0.2, 0.25) is 0 Å². The number of halogens is 2. The Labute approximate surface area is 139 Å². The Morgan fingerprint density at radius 3 is 2.38 bits per heavy atom. The lowest BCUT2D eigenvalue weighted by Gasteiger charge is -2.22. The summed E-state index contributed by atoms with van der Waals surface area (Å²) in [5.74, 6) is 0. The number of hydrogen-bond donors (Lipinski definition) is 1. The fourth-order valence-corrected chi connectivity index (χ4v) is 3.59. The van der Waals surface area contributed by atoms with Crippen LogP contribution in [0.2, 0.25) is 5.02 Å². The van der Waals surface area contributed by atoms with Crippen molar-refractivity contribution in [2.45, 2.75) is 31.7 Å². The molecule has 0 aliphatic heterocycles. The van der Waals surface area contributed by atoms with Crippen molar-refractivity contribution in [3.8, 4) is 0 Å². The third-order valence-corrected chi connectivity index (χ3v) is 5.50. The van der Waals surface area contributed by atoms with Gasteiger partial charge in [0.15, 0.2) is 0 Å². The van der Waals surface area contributed by atoms with Crippen molar-refractivity contribution >= 4 is 27.5 Å². The van der Waals surface area contributed by atoms with Crippen molar-refractivity contribution in [3.05, 3.63) is 68.1 Å². The first-order chi connectivity index (χ1) is 10.2. The minimum atomic E-state index is 0.183. The van der Waals surface area contributed by atoms with Gasteiger partial charge in [0.25, 0.3) is 0 Å². The van der Waals surface area contributed by atoms with E-state index < -0.39 is 0 Å². The van der Waals surface area contributed by atoms with Crippen LogP contribution in [-0.2, 0) is 12.8 Å². The van der Waals surface area contributed by atoms with Crippen LogP contribution in [0.1, 0.15) is 41.1 Å². The molecule has 0 bridgehead atoms. The van der Waals surface area contributed by atoms with Crippen LogP contribution in [-0.4, -0.2) is 7.05 Å². The van der Waals surface area contributed by atoms with Gasteiger partial charge in [-0.25, -0.2) is 0 Å². The molecule has 110 valence electrons. The van der Waals surface area contributed by atoms with E-state index in [1.807, 2.05) is 19.2 Å². The van der Waals surface area contributed by atoms with Gasteiger partial charge >= 0.3 is 0 Å². The lowest BCUT2D eigenvalue weighted by Crippen LogP contribution is -2.18. The van der Waals surface area contributed by atoms with Crippen LogP contribution in [0.5, 0.6) is 0 Å².